The van der Waals surface area contributed by atoms with E-state index in [1.54, 1.807) is 12.3 Å². The maximum Gasteiger partial charge on any atom is 0.261 e. The maximum absolute atomic E-state index is 13.5. The van der Waals surface area contributed by atoms with Crippen molar-refractivity contribution in [2.75, 3.05) is 25.0 Å². The van der Waals surface area contributed by atoms with Crippen LogP contribution in [0.15, 0.2) is 41.9 Å². The lowest BCUT2D eigenvalue weighted by Gasteiger charge is -2.28. The third kappa shape index (κ3) is 4.42. The number of Topliss-reactive ketones (excluding diaryl/α,β-unsaturated/α-hetero) is 1. The van der Waals surface area contributed by atoms with Gasteiger partial charge in [-0.15, -0.1) is 11.3 Å². The first-order valence-electron chi connectivity index (χ1n) is 10.4. The quantitative estimate of drug-likeness (QED) is 0.600. The number of aromatic nitrogens is 1. The van der Waals surface area contributed by atoms with Gasteiger partial charge in [0.1, 0.15) is 5.82 Å². The SMILES string of the molecule is Cc1c(-c2ccnc3c2N(C)CC(=O)C3)csc1C(=O)N[C@H](CN)Cc1cccc(F)c1. The minimum Gasteiger partial charge on any atom is -0.365 e. The molecule has 3 N–H and O–H groups in total. The van der Waals surface area contributed by atoms with Crippen LogP contribution in [0.4, 0.5) is 10.1 Å². The van der Waals surface area contributed by atoms with Crippen LogP contribution < -0.4 is 16.0 Å². The minimum absolute atomic E-state index is 0.137. The average molecular weight is 453 g/mol. The number of nitrogens with one attached hydrogen (secondary N) is 1. The number of nitrogens with two attached hydrogens (primary N) is 1. The average Bonchev–Trinajstić information content (AvgIpc) is 3.13. The molecule has 0 bridgehead atoms. The molecule has 166 valence electrons. The van der Waals surface area contributed by atoms with E-state index in [1.165, 1.54) is 23.5 Å². The van der Waals surface area contributed by atoms with Crippen LogP contribution in [0.1, 0.15) is 26.5 Å². The first kappa shape index (κ1) is 22.1. The highest BCUT2D eigenvalue weighted by molar-refractivity contribution is 7.12. The predicted octanol–water partition coefficient (Wildman–Crippen LogP) is 3.12. The number of nitrogens with zero attached hydrogens (tertiary/aromatic N) is 2. The summed E-state index contributed by atoms with van der Waals surface area (Å²) in [5, 5.41) is 4.96. The third-order valence-corrected chi connectivity index (χ3v) is 6.77. The summed E-state index contributed by atoms with van der Waals surface area (Å²) in [6.07, 6.45) is 2.48. The van der Waals surface area contributed by atoms with Crippen LogP contribution in [0.3, 0.4) is 0 Å². The summed E-state index contributed by atoms with van der Waals surface area (Å²) in [5.74, 6) is -0.370. The van der Waals surface area contributed by atoms with Crippen LogP contribution in [0.2, 0.25) is 0 Å². The number of rotatable bonds is 6. The van der Waals surface area contributed by atoms with Gasteiger partial charge in [0, 0.05) is 31.4 Å². The Kier molecular flexibility index (Phi) is 6.34. The van der Waals surface area contributed by atoms with Gasteiger partial charge in [0.05, 0.1) is 29.2 Å². The van der Waals surface area contributed by atoms with Crippen molar-refractivity contribution in [2.24, 2.45) is 5.73 Å². The third-order valence-electron chi connectivity index (χ3n) is 5.69. The van der Waals surface area contributed by atoms with Crippen molar-refractivity contribution in [3.63, 3.8) is 0 Å². The molecule has 1 aliphatic heterocycles. The number of pyridine rings is 1. The number of carbonyl (C=O) groups excluding carboxylic acids is 2. The minimum atomic E-state index is -0.310. The van der Waals surface area contributed by atoms with E-state index in [0.29, 0.717) is 24.3 Å². The van der Waals surface area contributed by atoms with Crippen LogP contribution in [-0.2, 0) is 17.6 Å². The number of ketones is 1. The molecule has 0 saturated carbocycles. The highest BCUT2D eigenvalue weighted by Crippen LogP contribution is 2.39. The molecular weight excluding hydrogens is 427 g/mol. The summed E-state index contributed by atoms with van der Waals surface area (Å²) in [5.41, 5.74) is 11.1. The van der Waals surface area contributed by atoms with Gasteiger partial charge in [0.25, 0.3) is 5.91 Å². The Morgan fingerprint density at radius 2 is 2.16 bits per heavy atom. The van der Waals surface area contributed by atoms with Gasteiger partial charge in [-0.05, 0) is 53.6 Å². The molecule has 1 aromatic carbocycles. The molecule has 1 atom stereocenters. The molecule has 0 unspecified atom stereocenters. The monoisotopic (exact) mass is 452 g/mol. The first-order chi connectivity index (χ1) is 15.4. The number of fused-ring (bicyclic) bond motifs is 1. The molecule has 2 aromatic heterocycles. The number of likely N-dealkylation sites (N-methyl/N-ethyl adjacent to an activating group) is 1. The maximum atomic E-state index is 13.5. The number of hydrogen-bond donors (Lipinski definition) is 2. The molecule has 0 fully saturated rings. The predicted molar refractivity (Wildman–Crippen MR) is 125 cm³/mol. The van der Waals surface area contributed by atoms with Crippen molar-refractivity contribution in [3.8, 4) is 11.1 Å². The van der Waals surface area contributed by atoms with Crippen molar-refractivity contribution in [2.45, 2.75) is 25.8 Å². The van der Waals surface area contributed by atoms with Gasteiger partial charge in [0.2, 0.25) is 0 Å². The van der Waals surface area contributed by atoms with Gasteiger partial charge in [-0.2, -0.15) is 0 Å². The molecule has 0 radical (unpaired) electrons. The molecular formula is C24H25FN4O2S. The molecule has 32 heavy (non-hydrogen) atoms. The lowest BCUT2D eigenvalue weighted by molar-refractivity contribution is -0.117. The fraction of sp³-hybridized carbons (Fsp3) is 0.292. The van der Waals surface area contributed by atoms with Crippen molar-refractivity contribution in [1.82, 2.24) is 10.3 Å². The largest absolute Gasteiger partial charge is 0.365 e. The second-order valence-corrected chi connectivity index (χ2v) is 8.95. The van der Waals surface area contributed by atoms with Gasteiger partial charge in [-0.1, -0.05) is 12.1 Å². The normalized spacial score (nSPS) is 14.2. The second kappa shape index (κ2) is 9.18. The first-order valence-corrected chi connectivity index (χ1v) is 11.3. The number of benzene rings is 1. The van der Waals surface area contributed by atoms with E-state index in [0.717, 1.165) is 33.6 Å². The number of carbonyl (C=O) groups is 2. The lowest BCUT2D eigenvalue weighted by Crippen LogP contribution is -2.41. The van der Waals surface area contributed by atoms with Gasteiger partial charge in [-0.25, -0.2) is 4.39 Å². The highest BCUT2D eigenvalue weighted by atomic mass is 32.1. The van der Waals surface area contributed by atoms with Gasteiger partial charge >= 0.3 is 0 Å². The number of thiophene rings is 1. The van der Waals surface area contributed by atoms with E-state index in [2.05, 4.69) is 10.3 Å². The summed E-state index contributed by atoms with van der Waals surface area (Å²) >= 11 is 1.37. The summed E-state index contributed by atoms with van der Waals surface area (Å²) in [6.45, 7) is 2.52. The summed E-state index contributed by atoms with van der Waals surface area (Å²) in [6, 6.07) is 7.93. The van der Waals surface area contributed by atoms with E-state index in [9.17, 15) is 14.0 Å². The zero-order valence-electron chi connectivity index (χ0n) is 18.0. The lowest BCUT2D eigenvalue weighted by atomic mass is 9.97. The standard InChI is InChI=1S/C24H25FN4O2S/c1-14-20(19-6-7-27-21-10-18(30)12-29(2)22(19)21)13-32-23(14)24(31)28-17(11-26)9-15-4-3-5-16(25)8-15/h3-8,13,17H,9-12,26H2,1-2H3,(H,28,31)/t17-/m0/s1. The zero-order valence-corrected chi connectivity index (χ0v) is 18.8. The van der Waals surface area contributed by atoms with Crippen LogP contribution in [-0.4, -0.2) is 42.9 Å². The Labute approximate surface area is 190 Å². The Bertz CT molecular complexity index is 1180. The van der Waals surface area contributed by atoms with Crippen LogP contribution in [0.5, 0.6) is 0 Å². The highest BCUT2D eigenvalue weighted by Gasteiger charge is 2.26. The summed E-state index contributed by atoms with van der Waals surface area (Å²) < 4.78 is 13.5. The van der Waals surface area contributed by atoms with E-state index in [-0.39, 0.29) is 30.1 Å². The molecule has 0 spiro atoms. The van der Waals surface area contributed by atoms with Crippen molar-refractivity contribution in [3.05, 3.63) is 69.4 Å². The fourth-order valence-electron chi connectivity index (χ4n) is 4.16. The topological polar surface area (TPSA) is 88.3 Å². The van der Waals surface area contributed by atoms with Gasteiger partial charge in [0.15, 0.2) is 5.78 Å². The molecule has 1 aliphatic rings. The summed E-state index contributed by atoms with van der Waals surface area (Å²) in [4.78, 5) is 31.9. The zero-order chi connectivity index (χ0) is 22.8. The number of amides is 1. The summed E-state index contributed by atoms with van der Waals surface area (Å²) in [7, 11) is 1.88. The van der Waals surface area contributed by atoms with Crippen molar-refractivity contribution >= 4 is 28.7 Å². The molecule has 0 saturated heterocycles. The van der Waals surface area contributed by atoms with Crippen molar-refractivity contribution in [1.29, 1.82) is 0 Å². The molecule has 0 aliphatic carbocycles. The molecule has 3 heterocycles. The Morgan fingerprint density at radius 1 is 1.34 bits per heavy atom. The smallest absolute Gasteiger partial charge is 0.261 e. The van der Waals surface area contributed by atoms with Crippen molar-refractivity contribution < 1.29 is 14.0 Å². The molecule has 8 heteroatoms. The molecule has 1 amide bonds. The van der Waals surface area contributed by atoms with E-state index in [1.807, 2.05) is 36.4 Å². The molecule has 3 aromatic rings. The Morgan fingerprint density at radius 3 is 2.91 bits per heavy atom. The second-order valence-electron chi connectivity index (χ2n) is 8.07. The Balaban J connectivity index is 1.57. The van der Waals surface area contributed by atoms with Crippen LogP contribution >= 0.6 is 11.3 Å². The number of anilines is 1. The van der Waals surface area contributed by atoms with Crippen LogP contribution in [0, 0.1) is 12.7 Å². The van der Waals surface area contributed by atoms with E-state index in [4.69, 9.17) is 5.73 Å². The van der Waals surface area contributed by atoms with E-state index >= 15 is 0 Å². The van der Waals surface area contributed by atoms with Gasteiger partial charge in [-0.3, -0.25) is 14.6 Å². The van der Waals surface area contributed by atoms with Crippen LogP contribution in [0.25, 0.3) is 11.1 Å². The van der Waals surface area contributed by atoms with E-state index < -0.39 is 0 Å². The number of halogens is 1. The van der Waals surface area contributed by atoms with Gasteiger partial charge < -0.3 is 16.0 Å². The molecule has 6 nitrogen and oxygen atoms in total. The fourth-order valence-corrected chi connectivity index (χ4v) is 5.15. The number of hydrogen-bond acceptors (Lipinski definition) is 6. The molecule has 4 rings (SSSR count). The Hall–Kier alpha value is -3.10.